The predicted molar refractivity (Wildman–Crippen MR) is 85.1 cm³/mol. The van der Waals surface area contributed by atoms with Gasteiger partial charge in [-0.1, -0.05) is 35.5 Å². The Labute approximate surface area is 127 Å². The molecular formula is C16H15N3O3. The minimum atomic E-state index is -0.348. The number of nitrogens with zero attached hydrogens (tertiary/aromatic N) is 2. The van der Waals surface area contributed by atoms with Gasteiger partial charge in [0.2, 0.25) is 5.78 Å². The molecule has 0 aliphatic carbocycles. The molecule has 0 radical (unpaired) electrons. The van der Waals surface area contributed by atoms with E-state index in [-0.39, 0.29) is 11.5 Å². The summed E-state index contributed by atoms with van der Waals surface area (Å²) < 4.78 is 5.06. The first-order valence-electron chi connectivity index (χ1n) is 6.49. The lowest BCUT2D eigenvalue weighted by atomic mass is 10.1. The van der Waals surface area contributed by atoms with Crippen LogP contribution in [0.1, 0.15) is 10.4 Å². The van der Waals surface area contributed by atoms with Gasteiger partial charge in [-0.3, -0.25) is 10.2 Å². The van der Waals surface area contributed by atoms with Gasteiger partial charge in [0, 0.05) is 5.56 Å². The number of ketones is 1. The quantitative estimate of drug-likeness (QED) is 0.372. The van der Waals surface area contributed by atoms with Crippen molar-refractivity contribution in [1.29, 1.82) is 0 Å². The number of oxime groups is 1. The summed E-state index contributed by atoms with van der Waals surface area (Å²) in [4.78, 5) is 12.3. The van der Waals surface area contributed by atoms with Crippen LogP contribution in [0.3, 0.4) is 0 Å². The molecule has 0 heterocycles. The third-order valence-electron chi connectivity index (χ3n) is 2.84. The third-order valence-corrected chi connectivity index (χ3v) is 2.84. The molecule has 22 heavy (non-hydrogen) atoms. The van der Waals surface area contributed by atoms with Gasteiger partial charge in [-0.05, 0) is 24.3 Å². The van der Waals surface area contributed by atoms with Crippen LogP contribution in [-0.4, -0.2) is 30.0 Å². The summed E-state index contributed by atoms with van der Waals surface area (Å²) in [5, 5.41) is 15.6. The van der Waals surface area contributed by atoms with E-state index < -0.39 is 0 Å². The number of benzene rings is 2. The second-order valence-corrected chi connectivity index (χ2v) is 4.28. The number of methoxy groups -OCH3 is 1. The lowest BCUT2D eigenvalue weighted by molar-refractivity contribution is 0.106. The molecular weight excluding hydrogens is 282 g/mol. The molecule has 0 bridgehead atoms. The summed E-state index contributed by atoms with van der Waals surface area (Å²) in [5.74, 6) is 0.367. The van der Waals surface area contributed by atoms with Gasteiger partial charge in [-0.15, -0.1) is 0 Å². The van der Waals surface area contributed by atoms with E-state index in [1.165, 1.54) is 0 Å². The van der Waals surface area contributed by atoms with Gasteiger partial charge >= 0.3 is 0 Å². The van der Waals surface area contributed by atoms with E-state index in [2.05, 4.69) is 15.7 Å². The van der Waals surface area contributed by atoms with Crippen LogP contribution in [0.15, 0.2) is 64.9 Å². The highest BCUT2D eigenvalue weighted by Crippen LogP contribution is 2.15. The number of carbonyl (C=O) groups is 1. The van der Waals surface area contributed by atoms with Crippen molar-refractivity contribution >= 4 is 23.4 Å². The summed E-state index contributed by atoms with van der Waals surface area (Å²) in [6, 6.07) is 15.7. The molecule has 6 heteroatoms. The molecule has 0 fully saturated rings. The molecule has 0 saturated carbocycles. The van der Waals surface area contributed by atoms with Gasteiger partial charge in [0.15, 0.2) is 5.71 Å². The van der Waals surface area contributed by atoms with Crippen molar-refractivity contribution < 1.29 is 14.7 Å². The van der Waals surface area contributed by atoms with Crippen LogP contribution in [0.5, 0.6) is 5.75 Å². The predicted octanol–water partition coefficient (Wildman–Crippen LogP) is 2.81. The van der Waals surface area contributed by atoms with E-state index in [1.54, 1.807) is 55.6 Å². The normalized spacial score (nSPS) is 11.4. The number of Topliss-reactive ketones (excluding diaryl/α,β-unsaturated/α-hetero) is 1. The first kappa shape index (κ1) is 15.2. The molecule has 2 aromatic rings. The molecule has 0 atom stereocenters. The maximum absolute atomic E-state index is 12.3. The zero-order chi connectivity index (χ0) is 15.8. The largest absolute Gasteiger partial charge is 0.497 e. The van der Waals surface area contributed by atoms with Gasteiger partial charge in [-0.2, -0.15) is 5.10 Å². The minimum absolute atomic E-state index is 0.00971. The summed E-state index contributed by atoms with van der Waals surface area (Å²) in [5.41, 5.74) is 3.86. The summed E-state index contributed by atoms with van der Waals surface area (Å²) in [7, 11) is 1.58. The highest BCUT2D eigenvalue weighted by Gasteiger charge is 2.12. The Morgan fingerprint density at radius 2 is 1.82 bits per heavy atom. The smallest absolute Gasteiger partial charge is 0.214 e. The number of ether oxygens (including phenoxy) is 1. The lowest BCUT2D eigenvalue weighted by Crippen LogP contribution is -2.17. The Bertz CT molecular complexity index is 680. The average Bonchev–Trinajstić information content (AvgIpc) is 2.59. The van der Waals surface area contributed by atoms with Gasteiger partial charge in [0.1, 0.15) is 5.75 Å². The van der Waals surface area contributed by atoms with Crippen LogP contribution < -0.4 is 10.2 Å². The molecule has 0 aliphatic heterocycles. The lowest BCUT2D eigenvalue weighted by Gasteiger charge is -2.04. The molecule has 6 nitrogen and oxygen atoms in total. The maximum atomic E-state index is 12.3. The highest BCUT2D eigenvalue weighted by molar-refractivity contribution is 6.64. The van der Waals surface area contributed by atoms with E-state index in [0.717, 1.165) is 6.21 Å². The van der Waals surface area contributed by atoms with E-state index in [9.17, 15) is 4.79 Å². The molecule has 0 aliphatic rings. The van der Waals surface area contributed by atoms with E-state index in [4.69, 9.17) is 9.94 Å². The van der Waals surface area contributed by atoms with Crippen LogP contribution in [0.2, 0.25) is 0 Å². The molecule has 0 saturated heterocycles. The summed E-state index contributed by atoms with van der Waals surface area (Å²) >= 11 is 0. The standard InChI is InChI=1S/C16H15N3O3/c1-22-14-9-7-13(8-10-14)18-19-15(11-17-21)16(20)12-5-3-2-4-6-12/h2-11,18,21H,1H3/b17-11+,19-15-. The number of anilines is 1. The van der Waals surface area contributed by atoms with Crippen LogP contribution in [0.4, 0.5) is 5.69 Å². The third kappa shape index (κ3) is 3.92. The van der Waals surface area contributed by atoms with Crippen LogP contribution in [0, 0.1) is 0 Å². The van der Waals surface area contributed by atoms with Crippen LogP contribution in [0.25, 0.3) is 0 Å². The fraction of sp³-hybridized carbons (Fsp3) is 0.0625. The first-order chi connectivity index (χ1) is 10.7. The molecule has 2 N–H and O–H groups in total. The SMILES string of the molecule is COc1ccc(N/N=C(/C=N/O)C(=O)c2ccccc2)cc1. The zero-order valence-corrected chi connectivity index (χ0v) is 11.9. The number of hydrogen-bond donors (Lipinski definition) is 2. The Morgan fingerprint density at radius 3 is 2.41 bits per heavy atom. The Morgan fingerprint density at radius 1 is 1.14 bits per heavy atom. The second kappa shape index (κ2) is 7.58. The molecule has 112 valence electrons. The zero-order valence-electron chi connectivity index (χ0n) is 11.9. The van der Waals surface area contributed by atoms with Crippen molar-refractivity contribution in [3.05, 3.63) is 60.2 Å². The van der Waals surface area contributed by atoms with Gasteiger partial charge < -0.3 is 9.94 Å². The fourth-order valence-corrected chi connectivity index (χ4v) is 1.72. The topological polar surface area (TPSA) is 83.3 Å². The fourth-order valence-electron chi connectivity index (χ4n) is 1.72. The number of hydrazone groups is 1. The van der Waals surface area contributed by atoms with Gasteiger partial charge in [0.25, 0.3) is 0 Å². The monoisotopic (exact) mass is 297 g/mol. The Hall–Kier alpha value is -3.15. The molecule has 0 aromatic heterocycles. The van der Waals surface area contributed by atoms with Crippen molar-refractivity contribution in [2.45, 2.75) is 0 Å². The van der Waals surface area contributed by atoms with Crippen molar-refractivity contribution in [3.8, 4) is 5.75 Å². The molecule has 0 spiro atoms. The maximum Gasteiger partial charge on any atom is 0.214 e. The van der Waals surface area contributed by atoms with Crippen molar-refractivity contribution in [2.75, 3.05) is 12.5 Å². The van der Waals surface area contributed by atoms with Crippen molar-refractivity contribution in [1.82, 2.24) is 0 Å². The van der Waals surface area contributed by atoms with Gasteiger partial charge in [0.05, 0.1) is 19.0 Å². The molecule has 2 aromatic carbocycles. The number of carbonyl (C=O) groups excluding carboxylic acids is 1. The number of hydrogen-bond acceptors (Lipinski definition) is 6. The van der Waals surface area contributed by atoms with Crippen LogP contribution in [-0.2, 0) is 0 Å². The minimum Gasteiger partial charge on any atom is -0.497 e. The van der Waals surface area contributed by atoms with Crippen molar-refractivity contribution in [2.24, 2.45) is 10.3 Å². The Balaban J connectivity index is 2.18. The average molecular weight is 297 g/mol. The highest BCUT2D eigenvalue weighted by atomic mass is 16.5. The van der Waals surface area contributed by atoms with Crippen LogP contribution >= 0.6 is 0 Å². The number of nitrogens with one attached hydrogen (secondary N) is 1. The number of rotatable bonds is 6. The second-order valence-electron chi connectivity index (χ2n) is 4.28. The summed E-state index contributed by atoms with van der Waals surface area (Å²) in [6.07, 6.45) is 0.992. The first-order valence-corrected chi connectivity index (χ1v) is 6.49. The molecule has 0 amide bonds. The van der Waals surface area contributed by atoms with Crippen molar-refractivity contribution in [3.63, 3.8) is 0 Å². The Kier molecular flexibility index (Phi) is 5.25. The summed E-state index contributed by atoms with van der Waals surface area (Å²) in [6.45, 7) is 0. The van der Waals surface area contributed by atoms with E-state index in [0.29, 0.717) is 17.0 Å². The molecule has 2 rings (SSSR count). The van der Waals surface area contributed by atoms with E-state index >= 15 is 0 Å². The van der Waals surface area contributed by atoms with Gasteiger partial charge in [-0.25, -0.2) is 0 Å². The van der Waals surface area contributed by atoms with E-state index in [1.807, 2.05) is 6.07 Å². The molecule has 0 unspecified atom stereocenters.